The molecular formula is C39H40OSiZr. The van der Waals surface area contributed by atoms with Crippen LogP contribution in [0.1, 0.15) is 29.2 Å². The maximum atomic E-state index is 4.86. The van der Waals surface area contributed by atoms with E-state index in [1.807, 2.05) is 49.9 Å². The van der Waals surface area contributed by atoms with Gasteiger partial charge >= 0.3 is 26.2 Å². The third-order valence-corrected chi connectivity index (χ3v) is 6.68. The Labute approximate surface area is 274 Å². The standard InChI is InChI=1S/C16H14.2C10H9.C3H8OSi.Zr/c1-3-9-15(10-4-1)13-7-8-14-16-11-5-2-6-12-16;2*1-8-6-9-4-2-3-5-10(9)7-8;1-3-4-5-2;/h1-14H;2*2-7H,1H3;3H2,1-2H3;/q;2*-1;;+2. The summed E-state index contributed by atoms with van der Waals surface area (Å²) in [6.45, 7) is 9.12. The van der Waals surface area contributed by atoms with Crippen molar-refractivity contribution >= 4 is 43.5 Å². The van der Waals surface area contributed by atoms with Crippen molar-refractivity contribution in [1.29, 1.82) is 0 Å². The molecule has 0 fully saturated rings. The first kappa shape index (κ1) is 34.8. The molecule has 0 aliphatic carbocycles. The fourth-order valence-corrected chi connectivity index (χ4v) is 4.51. The van der Waals surface area contributed by atoms with E-state index in [1.54, 1.807) is 0 Å². The fourth-order valence-electron chi connectivity index (χ4n) is 4.22. The number of rotatable bonds is 5. The van der Waals surface area contributed by atoms with Crippen LogP contribution in [-0.4, -0.2) is 16.4 Å². The monoisotopic (exact) mass is 642 g/mol. The van der Waals surface area contributed by atoms with Crippen molar-refractivity contribution in [3.05, 3.63) is 168 Å². The van der Waals surface area contributed by atoms with Gasteiger partial charge < -0.3 is 4.43 Å². The molecule has 1 nitrogen and oxygen atoms in total. The van der Waals surface area contributed by atoms with E-state index in [0.29, 0.717) is 9.76 Å². The number of fused-ring (bicyclic) bond motifs is 2. The van der Waals surface area contributed by atoms with Gasteiger partial charge in [0, 0.05) is 6.61 Å². The van der Waals surface area contributed by atoms with Gasteiger partial charge in [-0.3, -0.25) is 0 Å². The zero-order chi connectivity index (χ0) is 29.1. The molecule has 42 heavy (non-hydrogen) atoms. The number of hydrogen-bond donors (Lipinski definition) is 0. The number of hydrogen-bond acceptors (Lipinski definition) is 1. The van der Waals surface area contributed by atoms with Gasteiger partial charge in [0.1, 0.15) is 0 Å². The van der Waals surface area contributed by atoms with Gasteiger partial charge in [0.25, 0.3) is 0 Å². The average Bonchev–Trinajstić information content (AvgIpc) is 3.58. The second-order valence-corrected chi connectivity index (χ2v) is 10.2. The van der Waals surface area contributed by atoms with Gasteiger partial charge in [-0.15, -0.1) is 81.2 Å². The van der Waals surface area contributed by atoms with Gasteiger partial charge in [-0.1, -0.05) is 111 Å². The van der Waals surface area contributed by atoms with Gasteiger partial charge in [-0.25, -0.2) is 0 Å². The predicted molar refractivity (Wildman–Crippen MR) is 183 cm³/mol. The Morgan fingerprint density at radius 3 is 1.31 bits per heavy atom. The van der Waals surface area contributed by atoms with Crippen LogP contribution in [-0.2, 0) is 30.6 Å². The second-order valence-electron chi connectivity index (χ2n) is 9.50. The quantitative estimate of drug-likeness (QED) is 0.103. The van der Waals surface area contributed by atoms with E-state index in [-0.39, 0.29) is 26.2 Å². The molecular weight excluding hydrogens is 604 g/mol. The molecule has 0 heterocycles. The normalized spacial score (nSPS) is 10.3. The first-order valence-electron chi connectivity index (χ1n) is 14.1. The van der Waals surface area contributed by atoms with Crippen LogP contribution in [0.15, 0.2) is 146 Å². The zero-order valence-corrected chi connectivity index (χ0v) is 28.6. The molecule has 6 rings (SSSR count). The Balaban J connectivity index is 0.000000208. The van der Waals surface area contributed by atoms with Gasteiger partial charge in [0.15, 0.2) is 0 Å². The predicted octanol–water partition coefficient (Wildman–Crippen LogP) is 10.8. The molecule has 6 aromatic rings. The minimum absolute atomic E-state index is 0. The third kappa shape index (κ3) is 13.1. The van der Waals surface area contributed by atoms with Crippen molar-refractivity contribution < 1.29 is 30.6 Å². The summed E-state index contributed by atoms with van der Waals surface area (Å²) in [5, 5.41) is 5.39. The molecule has 0 aromatic heterocycles. The van der Waals surface area contributed by atoms with Crippen LogP contribution >= 0.6 is 0 Å². The molecule has 210 valence electrons. The molecule has 3 heteroatoms. The Hall–Kier alpha value is -3.36. The van der Waals surface area contributed by atoms with Gasteiger partial charge in [-0.05, 0) is 24.6 Å². The molecule has 0 atom stereocenters. The molecule has 0 unspecified atom stereocenters. The van der Waals surface area contributed by atoms with Crippen molar-refractivity contribution in [2.24, 2.45) is 0 Å². The number of aryl methyl sites for hydroxylation is 2. The van der Waals surface area contributed by atoms with Crippen molar-refractivity contribution in [3.8, 4) is 0 Å². The molecule has 0 bridgehead atoms. The topological polar surface area (TPSA) is 9.23 Å². The van der Waals surface area contributed by atoms with Gasteiger partial charge in [-0.2, -0.15) is 12.1 Å². The van der Waals surface area contributed by atoms with Gasteiger partial charge in [0.05, 0.1) is 0 Å². The number of allylic oxidation sites excluding steroid dienone is 2. The van der Waals surface area contributed by atoms with E-state index in [9.17, 15) is 0 Å². The summed E-state index contributed by atoms with van der Waals surface area (Å²) in [6, 6.07) is 46.2. The van der Waals surface area contributed by atoms with Crippen molar-refractivity contribution in [3.63, 3.8) is 0 Å². The molecule has 2 radical (unpaired) electrons. The first-order chi connectivity index (χ1) is 20.1. The smallest absolute Gasteiger partial charge is 0.418 e. The summed E-state index contributed by atoms with van der Waals surface area (Å²) in [5.41, 5.74) is 5.14. The van der Waals surface area contributed by atoms with Crippen LogP contribution in [0.25, 0.3) is 33.7 Å². The Morgan fingerprint density at radius 2 is 0.976 bits per heavy atom. The Kier molecular flexibility index (Phi) is 17.0. The maximum absolute atomic E-state index is 4.86. The summed E-state index contributed by atoms with van der Waals surface area (Å²) in [5.74, 6) is 0. The van der Waals surface area contributed by atoms with E-state index in [1.165, 1.54) is 43.8 Å². The summed E-state index contributed by atoms with van der Waals surface area (Å²) in [4.78, 5) is 0. The Morgan fingerprint density at radius 1 is 0.595 bits per heavy atom. The minimum Gasteiger partial charge on any atom is -0.418 e. The third-order valence-electron chi connectivity index (χ3n) is 6.10. The van der Waals surface area contributed by atoms with Crippen molar-refractivity contribution in [2.45, 2.75) is 27.3 Å². The SMILES string of the molecule is C(C=Cc1ccccc1)=Cc1ccccc1.CCO[Si]C.Cc1cc2ccccc2[cH-]1.Cc1cc2ccccc2[cH-]1.[Zr+2]. The van der Waals surface area contributed by atoms with Crippen LogP contribution in [0.3, 0.4) is 0 Å². The van der Waals surface area contributed by atoms with Crippen LogP contribution in [0.5, 0.6) is 0 Å². The van der Waals surface area contributed by atoms with Crippen molar-refractivity contribution in [1.82, 2.24) is 0 Å². The molecule has 0 spiro atoms. The summed E-state index contributed by atoms with van der Waals surface area (Å²) >= 11 is 0. The summed E-state index contributed by atoms with van der Waals surface area (Å²) < 4.78 is 4.86. The molecule has 0 amide bonds. The van der Waals surface area contributed by atoms with E-state index >= 15 is 0 Å². The van der Waals surface area contributed by atoms with E-state index in [4.69, 9.17) is 4.43 Å². The van der Waals surface area contributed by atoms with Crippen LogP contribution in [0, 0.1) is 13.8 Å². The average molecular weight is 644 g/mol. The maximum Gasteiger partial charge on any atom is 2.00 e. The fraction of sp³-hybridized carbons (Fsp3) is 0.128. The molecule has 0 aliphatic rings. The van der Waals surface area contributed by atoms with E-state index in [2.05, 4.69) is 135 Å². The zero-order valence-electron chi connectivity index (χ0n) is 25.1. The minimum atomic E-state index is 0. The van der Waals surface area contributed by atoms with Crippen molar-refractivity contribution in [2.75, 3.05) is 6.61 Å². The van der Waals surface area contributed by atoms with Gasteiger partial charge in [0.2, 0.25) is 9.76 Å². The number of benzene rings is 4. The first-order valence-corrected chi connectivity index (χ1v) is 15.5. The Bertz CT molecular complexity index is 1410. The second kappa shape index (κ2) is 20.5. The summed E-state index contributed by atoms with van der Waals surface area (Å²) in [7, 11) is 0.658. The molecule has 6 aromatic carbocycles. The summed E-state index contributed by atoms with van der Waals surface area (Å²) in [6.07, 6.45) is 8.31. The largest absolute Gasteiger partial charge is 2.00 e. The van der Waals surface area contributed by atoms with Crippen LogP contribution in [0.2, 0.25) is 6.55 Å². The molecule has 0 saturated carbocycles. The molecule has 0 N–H and O–H groups in total. The van der Waals surface area contributed by atoms with E-state index in [0.717, 1.165) is 6.61 Å². The molecule has 0 saturated heterocycles. The van der Waals surface area contributed by atoms with Crippen LogP contribution < -0.4 is 0 Å². The van der Waals surface area contributed by atoms with E-state index < -0.39 is 0 Å². The molecule has 0 aliphatic heterocycles. The van der Waals surface area contributed by atoms with Crippen LogP contribution in [0.4, 0.5) is 0 Å².